The number of halogens is 3. The van der Waals surface area contributed by atoms with Crippen LogP contribution in [0.5, 0.6) is 5.75 Å². The second-order valence-corrected chi connectivity index (χ2v) is 5.75. The third-order valence-corrected chi connectivity index (χ3v) is 3.85. The number of alkyl halides is 3. The Bertz CT molecular complexity index is 638. The number of hydrogen-bond donors (Lipinski definition) is 1. The quantitative estimate of drug-likeness (QED) is 0.789. The molecule has 130 valence electrons. The molecule has 0 fully saturated rings. The summed E-state index contributed by atoms with van der Waals surface area (Å²) in [5.41, 5.74) is 7.11. The third kappa shape index (κ3) is 4.99. The van der Waals surface area contributed by atoms with Crippen LogP contribution in [0.25, 0.3) is 0 Å². The van der Waals surface area contributed by atoms with Crippen LogP contribution in [0.4, 0.5) is 13.2 Å². The normalized spacial score (nSPS) is 12.9. The molecule has 0 bridgehead atoms. The Labute approximate surface area is 140 Å². The van der Waals surface area contributed by atoms with E-state index in [0.29, 0.717) is 19.6 Å². The highest BCUT2D eigenvalue weighted by Crippen LogP contribution is 2.30. The maximum Gasteiger partial charge on any atom is 0.416 e. The summed E-state index contributed by atoms with van der Waals surface area (Å²) < 4.78 is 43.5. The fourth-order valence-electron chi connectivity index (χ4n) is 2.53. The van der Waals surface area contributed by atoms with Crippen LogP contribution in [0.15, 0.2) is 48.5 Å². The molecule has 0 saturated carbocycles. The van der Waals surface area contributed by atoms with Gasteiger partial charge in [-0.3, -0.25) is 0 Å². The van der Waals surface area contributed by atoms with E-state index in [9.17, 15) is 13.2 Å². The van der Waals surface area contributed by atoms with Crippen LogP contribution in [-0.2, 0) is 12.6 Å². The lowest BCUT2D eigenvalue weighted by Gasteiger charge is -2.17. The second-order valence-electron chi connectivity index (χ2n) is 5.75. The van der Waals surface area contributed by atoms with Crippen molar-refractivity contribution in [2.75, 3.05) is 13.2 Å². The molecule has 0 aromatic heterocycles. The standard InChI is InChI=1S/C19H22F3NO/c1-2-10-24-18-5-3-4-15(12-18)16(13-23)11-14-6-8-17(9-7-14)19(20,21)22/h3-9,12,16H,2,10-11,13,23H2,1H3. The molecule has 2 aromatic carbocycles. The smallest absolute Gasteiger partial charge is 0.416 e. The van der Waals surface area contributed by atoms with Gasteiger partial charge >= 0.3 is 6.18 Å². The Balaban J connectivity index is 2.11. The fourth-order valence-corrected chi connectivity index (χ4v) is 2.53. The van der Waals surface area contributed by atoms with E-state index in [-0.39, 0.29) is 5.92 Å². The highest BCUT2D eigenvalue weighted by atomic mass is 19.4. The van der Waals surface area contributed by atoms with Gasteiger partial charge in [-0.25, -0.2) is 0 Å². The monoisotopic (exact) mass is 337 g/mol. The van der Waals surface area contributed by atoms with Crippen LogP contribution in [-0.4, -0.2) is 13.2 Å². The van der Waals surface area contributed by atoms with Gasteiger partial charge < -0.3 is 10.5 Å². The number of benzene rings is 2. The summed E-state index contributed by atoms with van der Waals surface area (Å²) in [6.45, 7) is 3.10. The first-order valence-corrected chi connectivity index (χ1v) is 8.03. The molecule has 0 saturated heterocycles. The summed E-state index contributed by atoms with van der Waals surface area (Å²) in [4.78, 5) is 0. The molecule has 2 aromatic rings. The molecule has 2 rings (SSSR count). The van der Waals surface area contributed by atoms with E-state index >= 15 is 0 Å². The summed E-state index contributed by atoms with van der Waals surface area (Å²) in [6, 6.07) is 13.0. The zero-order valence-electron chi connectivity index (χ0n) is 13.6. The molecule has 0 aliphatic heterocycles. The Hall–Kier alpha value is -2.01. The van der Waals surface area contributed by atoms with Crippen molar-refractivity contribution >= 4 is 0 Å². The minimum atomic E-state index is -4.31. The van der Waals surface area contributed by atoms with Crippen LogP contribution in [0.3, 0.4) is 0 Å². The summed E-state index contributed by atoms with van der Waals surface area (Å²) >= 11 is 0. The number of nitrogens with two attached hydrogens (primary N) is 1. The third-order valence-electron chi connectivity index (χ3n) is 3.85. The topological polar surface area (TPSA) is 35.2 Å². The molecule has 0 aliphatic rings. The van der Waals surface area contributed by atoms with Crippen LogP contribution >= 0.6 is 0 Å². The molecule has 5 heteroatoms. The van der Waals surface area contributed by atoms with E-state index in [1.807, 2.05) is 31.2 Å². The second kappa shape index (κ2) is 8.20. The van der Waals surface area contributed by atoms with E-state index in [1.54, 1.807) is 0 Å². The largest absolute Gasteiger partial charge is 0.494 e. The van der Waals surface area contributed by atoms with E-state index < -0.39 is 11.7 Å². The molecule has 1 unspecified atom stereocenters. The van der Waals surface area contributed by atoms with E-state index in [2.05, 4.69) is 0 Å². The molecule has 0 heterocycles. The predicted octanol–water partition coefficient (Wildman–Crippen LogP) is 4.78. The SMILES string of the molecule is CCCOc1cccc(C(CN)Cc2ccc(C(F)(F)F)cc2)c1. The predicted molar refractivity (Wildman–Crippen MR) is 89.2 cm³/mol. The van der Waals surface area contributed by atoms with Gasteiger partial charge in [-0.2, -0.15) is 13.2 Å². The van der Waals surface area contributed by atoms with Gasteiger partial charge in [0.1, 0.15) is 5.75 Å². The first-order chi connectivity index (χ1) is 11.4. The molecular weight excluding hydrogens is 315 g/mol. The molecule has 0 spiro atoms. The van der Waals surface area contributed by atoms with E-state index in [4.69, 9.17) is 10.5 Å². The molecule has 2 nitrogen and oxygen atoms in total. The van der Waals surface area contributed by atoms with Gasteiger partial charge in [0.2, 0.25) is 0 Å². The van der Waals surface area contributed by atoms with Crippen molar-refractivity contribution in [1.29, 1.82) is 0 Å². The van der Waals surface area contributed by atoms with Gasteiger partial charge in [0, 0.05) is 5.92 Å². The van der Waals surface area contributed by atoms with Crippen LogP contribution < -0.4 is 10.5 Å². The Morgan fingerprint density at radius 1 is 1.08 bits per heavy atom. The maximum absolute atomic E-state index is 12.6. The van der Waals surface area contributed by atoms with Crippen molar-refractivity contribution in [2.45, 2.75) is 31.9 Å². The lowest BCUT2D eigenvalue weighted by Crippen LogP contribution is -2.15. The van der Waals surface area contributed by atoms with Crippen molar-refractivity contribution < 1.29 is 17.9 Å². The molecule has 24 heavy (non-hydrogen) atoms. The summed E-state index contributed by atoms with van der Waals surface area (Å²) in [7, 11) is 0. The van der Waals surface area contributed by atoms with Gasteiger partial charge in [0.05, 0.1) is 12.2 Å². The highest BCUT2D eigenvalue weighted by molar-refractivity contribution is 5.33. The number of hydrogen-bond acceptors (Lipinski definition) is 2. The Morgan fingerprint density at radius 2 is 1.79 bits per heavy atom. The fraction of sp³-hybridized carbons (Fsp3) is 0.368. The van der Waals surface area contributed by atoms with Crippen molar-refractivity contribution in [2.24, 2.45) is 5.73 Å². The van der Waals surface area contributed by atoms with Crippen LogP contribution in [0.1, 0.15) is 36.0 Å². The van der Waals surface area contributed by atoms with Gasteiger partial charge in [-0.1, -0.05) is 31.2 Å². The molecule has 1 atom stereocenters. The average molecular weight is 337 g/mol. The molecule has 0 aliphatic carbocycles. The molecule has 2 N–H and O–H groups in total. The van der Waals surface area contributed by atoms with Gasteiger partial charge in [-0.15, -0.1) is 0 Å². The van der Waals surface area contributed by atoms with Gasteiger partial charge in [0.15, 0.2) is 0 Å². The van der Waals surface area contributed by atoms with Crippen molar-refractivity contribution in [1.82, 2.24) is 0 Å². The van der Waals surface area contributed by atoms with Crippen molar-refractivity contribution in [3.05, 3.63) is 65.2 Å². The van der Waals surface area contributed by atoms with Gasteiger partial charge in [-0.05, 0) is 54.8 Å². The highest BCUT2D eigenvalue weighted by Gasteiger charge is 2.30. The lowest BCUT2D eigenvalue weighted by molar-refractivity contribution is -0.137. The van der Waals surface area contributed by atoms with Crippen molar-refractivity contribution in [3.8, 4) is 5.75 Å². The zero-order chi connectivity index (χ0) is 17.6. The maximum atomic E-state index is 12.6. The van der Waals surface area contributed by atoms with Crippen LogP contribution in [0, 0.1) is 0 Å². The van der Waals surface area contributed by atoms with Crippen LogP contribution in [0.2, 0.25) is 0 Å². The summed E-state index contributed by atoms with van der Waals surface area (Å²) in [5, 5.41) is 0. The Morgan fingerprint density at radius 3 is 2.38 bits per heavy atom. The van der Waals surface area contributed by atoms with Gasteiger partial charge in [0.25, 0.3) is 0 Å². The summed E-state index contributed by atoms with van der Waals surface area (Å²) in [5.74, 6) is 0.826. The number of rotatable bonds is 7. The first kappa shape index (κ1) is 18.3. The molecule has 0 radical (unpaired) electrons. The van der Waals surface area contributed by atoms with E-state index in [1.165, 1.54) is 12.1 Å². The zero-order valence-corrected chi connectivity index (χ0v) is 13.6. The first-order valence-electron chi connectivity index (χ1n) is 8.03. The van der Waals surface area contributed by atoms with Crippen molar-refractivity contribution in [3.63, 3.8) is 0 Å². The Kier molecular flexibility index (Phi) is 6.26. The lowest BCUT2D eigenvalue weighted by atomic mass is 9.91. The number of ether oxygens (including phenoxy) is 1. The molecule has 0 amide bonds. The molecular formula is C19H22F3NO. The van der Waals surface area contributed by atoms with E-state index in [0.717, 1.165) is 35.4 Å². The minimum Gasteiger partial charge on any atom is -0.494 e. The average Bonchev–Trinajstić information content (AvgIpc) is 2.57. The summed E-state index contributed by atoms with van der Waals surface area (Å²) in [6.07, 6.45) is -2.79. The minimum absolute atomic E-state index is 0.0342.